The van der Waals surface area contributed by atoms with Crippen LogP contribution in [0.2, 0.25) is 0 Å². The maximum absolute atomic E-state index is 13.6. The van der Waals surface area contributed by atoms with Crippen molar-refractivity contribution >= 4 is 76.9 Å². The Labute approximate surface area is 492 Å². The van der Waals surface area contributed by atoms with E-state index in [2.05, 4.69) is 42.5 Å². The lowest BCUT2D eigenvalue weighted by Crippen LogP contribution is -2.70. The Morgan fingerprint density at radius 1 is 0.512 bits per heavy atom. The summed E-state index contributed by atoms with van der Waals surface area (Å²) in [5.74, 6) is -12.6. The molecule has 0 radical (unpaired) electrons. The van der Waals surface area contributed by atoms with Gasteiger partial charge in [0, 0.05) is 26.7 Å². The van der Waals surface area contributed by atoms with Crippen molar-refractivity contribution in [2.45, 2.75) is 215 Å². The third-order valence-corrected chi connectivity index (χ3v) is 13.6. The summed E-state index contributed by atoms with van der Waals surface area (Å²) in [4.78, 5) is 164. The molecule has 37 nitrogen and oxygen atoms in total. The molecule has 0 aromatic rings. The fourth-order valence-corrected chi connectivity index (χ4v) is 8.77. The number of ether oxygens (including phenoxy) is 4. The third-order valence-electron chi connectivity index (χ3n) is 13.6. The smallest absolute Gasteiger partial charge is 0.326 e. The summed E-state index contributed by atoms with van der Waals surface area (Å²) in [5.41, 5.74) is 32.9. The van der Waals surface area contributed by atoms with E-state index in [-0.39, 0.29) is 44.9 Å². The van der Waals surface area contributed by atoms with Crippen molar-refractivity contribution in [3.8, 4) is 0 Å². The Morgan fingerprint density at radius 3 is 1.47 bits per heavy atom. The second-order valence-electron chi connectivity index (χ2n) is 20.7. The van der Waals surface area contributed by atoms with E-state index in [1.807, 2.05) is 0 Å². The van der Waals surface area contributed by atoms with Crippen molar-refractivity contribution in [1.82, 2.24) is 42.5 Å². The first-order valence-corrected chi connectivity index (χ1v) is 27.3. The number of carboxylic acid groups (broad SMARTS) is 1. The molecule has 2 rings (SSSR count). The van der Waals surface area contributed by atoms with Gasteiger partial charge in [-0.3, -0.25) is 57.5 Å². The maximum atomic E-state index is 13.6. The number of hydrogen-bond acceptors (Lipinski definition) is 24. The molecule has 488 valence electrons. The lowest BCUT2D eigenvalue weighted by Gasteiger charge is -2.48. The summed E-state index contributed by atoms with van der Waals surface area (Å²) in [7, 11) is 0. The fourth-order valence-electron chi connectivity index (χ4n) is 8.77. The van der Waals surface area contributed by atoms with Crippen LogP contribution in [0, 0.1) is 0 Å². The molecule has 26 N–H and O–H groups in total. The van der Waals surface area contributed by atoms with Crippen LogP contribution in [0.5, 0.6) is 0 Å². The summed E-state index contributed by atoms with van der Waals surface area (Å²) in [6.45, 7) is 4.05. The second-order valence-corrected chi connectivity index (χ2v) is 20.7. The minimum Gasteiger partial charge on any atom is -0.480 e. The first kappa shape index (κ1) is 74.8. The van der Waals surface area contributed by atoms with Crippen LogP contribution >= 0.6 is 0 Å². The molecule has 2 saturated heterocycles. The topological polar surface area (TPSA) is 633 Å². The molecule has 0 aromatic heterocycles. The molecule has 0 aromatic carbocycles. The average Bonchev–Trinajstić information content (AvgIpc) is 0.935. The van der Waals surface area contributed by atoms with Gasteiger partial charge >= 0.3 is 5.97 Å². The van der Waals surface area contributed by atoms with Gasteiger partial charge in [-0.2, -0.15) is 0 Å². The molecule has 0 bridgehead atoms. The number of rotatable bonds is 37. The van der Waals surface area contributed by atoms with E-state index < -0.39 is 225 Å². The maximum Gasteiger partial charge on any atom is 0.326 e. The van der Waals surface area contributed by atoms with E-state index in [9.17, 15) is 93.0 Å². The highest BCUT2D eigenvalue weighted by Gasteiger charge is 2.53. The van der Waals surface area contributed by atoms with Gasteiger partial charge in [0.25, 0.3) is 0 Å². The van der Waals surface area contributed by atoms with Gasteiger partial charge in [-0.05, 0) is 72.1 Å². The molecule has 86 heavy (non-hydrogen) atoms. The Morgan fingerprint density at radius 2 is 0.977 bits per heavy atom. The second kappa shape index (κ2) is 36.0. The van der Waals surface area contributed by atoms with Crippen molar-refractivity contribution in [2.24, 2.45) is 34.4 Å². The predicted molar refractivity (Wildman–Crippen MR) is 290 cm³/mol. The van der Waals surface area contributed by atoms with Gasteiger partial charge in [0.1, 0.15) is 91.1 Å². The molecular formula is C49H84N14O23. The molecular weight excluding hydrogens is 1150 g/mol. The van der Waals surface area contributed by atoms with E-state index in [0.717, 1.165) is 13.8 Å². The number of nitrogens with one attached hydrogen (secondary N) is 8. The van der Waals surface area contributed by atoms with Crippen molar-refractivity contribution < 1.29 is 112 Å². The van der Waals surface area contributed by atoms with Gasteiger partial charge in [0.2, 0.25) is 70.9 Å². The van der Waals surface area contributed by atoms with Crippen LogP contribution < -0.4 is 76.9 Å². The van der Waals surface area contributed by atoms with Crippen LogP contribution in [0.25, 0.3) is 0 Å². The summed E-state index contributed by atoms with van der Waals surface area (Å²) < 4.78 is 23.2. The van der Waals surface area contributed by atoms with Crippen molar-refractivity contribution in [1.29, 1.82) is 0 Å². The number of carbonyl (C=O) groups is 13. The minimum absolute atomic E-state index is 0.0255. The van der Waals surface area contributed by atoms with Crippen LogP contribution in [0.4, 0.5) is 0 Å². The molecule has 0 spiro atoms. The molecule has 19 atom stereocenters. The third kappa shape index (κ3) is 24.2. The van der Waals surface area contributed by atoms with Crippen molar-refractivity contribution in [3.05, 3.63) is 0 Å². The Bertz CT molecular complexity index is 2390. The van der Waals surface area contributed by atoms with E-state index in [1.54, 1.807) is 0 Å². The largest absolute Gasteiger partial charge is 0.480 e. The summed E-state index contributed by atoms with van der Waals surface area (Å²) in [5, 5.41) is 81.0. The van der Waals surface area contributed by atoms with Crippen LogP contribution in [0.3, 0.4) is 0 Å². The summed E-state index contributed by atoms with van der Waals surface area (Å²) >= 11 is 0. The van der Waals surface area contributed by atoms with Crippen LogP contribution in [0.1, 0.15) is 98.8 Å². The quantitative estimate of drug-likeness (QED) is 0.0275. The standard InChI is InChI=1S/C49H84N14O23/c1-18(50)43(76)61-25(41(54)74)12-14-31(68)59-27(10-6-8-23(51)39(52)72)46(79)63-24(40(53)73)9-7-11-28(47(80)81)60-32(69)15-13-26(42(55)75)62-44(77)19(2)56-45(78)20(3)83-38-34(58-22(5)67)48(82)84-30(17-65)37(38)86-49-33(57-21(4)66)36(71)35(70)29(16-64)85-49/h18-20,23-30,33-38,48-49,64-65,70-71,82H,6-17,50-51H2,1-5H3,(H2,52,72)(H2,53,73)(H2,54,74)(H2,55,75)(H,56,78)(H,57,66)(H,58,67)(H,59,68)(H,60,69)(H,61,76)(H,62,77)(H,63,79)(H,80,81). The van der Waals surface area contributed by atoms with Gasteiger partial charge in [-0.25, -0.2) is 4.79 Å². The minimum atomic E-state index is -1.93. The number of carbonyl (C=O) groups excluding carboxylic acids is 12. The summed E-state index contributed by atoms with van der Waals surface area (Å²) in [6.07, 6.45) is -18.1. The number of primary amides is 4. The molecule has 19 unspecified atom stereocenters. The number of amides is 12. The Kier molecular flexibility index (Phi) is 31.3. The van der Waals surface area contributed by atoms with E-state index in [1.165, 1.54) is 20.8 Å². The lowest BCUT2D eigenvalue weighted by molar-refractivity contribution is -0.333. The lowest BCUT2D eigenvalue weighted by atomic mass is 9.94. The number of carboxylic acids is 1. The number of aliphatic hydroxyl groups is 5. The van der Waals surface area contributed by atoms with Crippen molar-refractivity contribution in [2.75, 3.05) is 13.2 Å². The molecule has 2 heterocycles. The molecule has 2 aliphatic heterocycles. The monoisotopic (exact) mass is 1240 g/mol. The molecule has 2 fully saturated rings. The molecule has 2 aliphatic rings. The fraction of sp³-hybridized carbons (Fsp3) is 0.735. The normalized spacial score (nSPS) is 25.0. The average molecular weight is 1240 g/mol. The van der Waals surface area contributed by atoms with Crippen molar-refractivity contribution in [3.63, 3.8) is 0 Å². The SMILES string of the molecule is CC(=O)NC1C(OC2C(CO)OC(O)C(NC(C)=O)C2OC(C)C(=O)NC(C)C(=O)NC(CCC(=O)NC(CCCC(NC(=O)C(CCCC(N)C(N)=O)NC(=O)CCC(NC(=O)C(C)N)C(N)=O)C(N)=O)C(=O)O)C(N)=O)OC(CO)C(O)C1O. The van der Waals surface area contributed by atoms with Gasteiger partial charge in [0.05, 0.1) is 25.3 Å². The zero-order valence-corrected chi connectivity index (χ0v) is 48.0. The number of aliphatic carboxylic acids is 1. The molecule has 37 heteroatoms. The zero-order chi connectivity index (χ0) is 65.4. The van der Waals surface area contributed by atoms with Gasteiger partial charge in [-0.15, -0.1) is 0 Å². The Hall–Kier alpha value is -7.33. The number of nitrogens with two attached hydrogens (primary N) is 6. The highest BCUT2D eigenvalue weighted by atomic mass is 16.7. The molecule has 0 aliphatic carbocycles. The van der Waals surface area contributed by atoms with E-state index in [0.29, 0.717) is 0 Å². The molecule has 0 saturated carbocycles. The highest BCUT2D eigenvalue weighted by molar-refractivity contribution is 5.94. The predicted octanol–water partition coefficient (Wildman–Crippen LogP) is -11.2. The number of hydrogen-bond donors (Lipinski definition) is 20. The van der Waals surface area contributed by atoms with Gasteiger partial charge in [-0.1, -0.05) is 0 Å². The highest BCUT2D eigenvalue weighted by Crippen LogP contribution is 2.31. The van der Waals surface area contributed by atoms with E-state index >= 15 is 0 Å². The zero-order valence-electron chi connectivity index (χ0n) is 48.0. The van der Waals surface area contributed by atoms with Crippen LogP contribution in [-0.4, -0.2) is 236 Å². The van der Waals surface area contributed by atoms with Crippen LogP contribution in [-0.2, 0) is 81.3 Å². The summed E-state index contributed by atoms with van der Waals surface area (Å²) in [6, 6.07) is -14.2. The van der Waals surface area contributed by atoms with Crippen LogP contribution in [0.15, 0.2) is 0 Å². The first-order chi connectivity index (χ1) is 40.1. The first-order valence-electron chi connectivity index (χ1n) is 27.3. The van der Waals surface area contributed by atoms with Gasteiger partial charge < -0.3 is 127 Å². The number of aliphatic hydroxyl groups excluding tert-OH is 5. The molecule has 12 amide bonds. The van der Waals surface area contributed by atoms with E-state index in [4.69, 9.17) is 53.3 Å². The Balaban J connectivity index is 2.13. The van der Waals surface area contributed by atoms with Gasteiger partial charge in [0.15, 0.2) is 12.6 Å².